The molecule has 1 heterocycles. The van der Waals surface area contributed by atoms with Crippen LogP contribution in [0, 0.1) is 0 Å². The maximum absolute atomic E-state index is 12.1. The molecule has 0 aromatic heterocycles. The van der Waals surface area contributed by atoms with Gasteiger partial charge in [0, 0.05) is 49.2 Å². The van der Waals surface area contributed by atoms with Gasteiger partial charge >= 0.3 is 0 Å². The number of rotatable bonds is 5. The molecule has 4 heteroatoms. The van der Waals surface area contributed by atoms with E-state index in [1.807, 2.05) is 24.3 Å². The summed E-state index contributed by atoms with van der Waals surface area (Å²) < 4.78 is 0.968. The number of Topliss-reactive ketones (excluding diaryl/α,β-unsaturated/α-hetero) is 1. The largest absolute Gasteiger partial charge is 0.301 e. The number of carbonyl (C=O) groups is 1. The molecule has 19 heavy (non-hydrogen) atoms. The Labute approximate surface area is 123 Å². The van der Waals surface area contributed by atoms with Crippen LogP contribution in [0.3, 0.4) is 0 Å². The van der Waals surface area contributed by atoms with Crippen LogP contribution in [0.4, 0.5) is 0 Å². The maximum atomic E-state index is 12.1. The van der Waals surface area contributed by atoms with E-state index in [0.29, 0.717) is 6.42 Å². The van der Waals surface area contributed by atoms with Crippen LogP contribution in [0.5, 0.6) is 0 Å². The zero-order valence-corrected chi connectivity index (χ0v) is 13.0. The molecule has 1 aromatic carbocycles. The Morgan fingerprint density at radius 2 is 1.89 bits per heavy atom. The van der Waals surface area contributed by atoms with E-state index in [0.717, 1.165) is 49.3 Å². The zero-order chi connectivity index (χ0) is 13.7. The summed E-state index contributed by atoms with van der Waals surface area (Å²) in [5.41, 5.74) is 0.807. The van der Waals surface area contributed by atoms with Crippen LogP contribution in [0.15, 0.2) is 28.7 Å². The molecule has 0 unspecified atom stereocenters. The van der Waals surface area contributed by atoms with Crippen LogP contribution in [-0.2, 0) is 0 Å². The third kappa shape index (κ3) is 4.41. The van der Waals surface area contributed by atoms with Gasteiger partial charge < -0.3 is 9.80 Å². The second-order valence-corrected chi connectivity index (χ2v) is 5.88. The third-order valence-corrected chi connectivity index (χ3v) is 4.21. The summed E-state index contributed by atoms with van der Waals surface area (Å²) in [7, 11) is 0. The van der Waals surface area contributed by atoms with Gasteiger partial charge in [-0.05, 0) is 18.7 Å². The van der Waals surface area contributed by atoms with Crippen molar-refractivity contribution < 1.29 is 4.79 Å². The average Bonchev–Trinajstić information content (AvgIpc) is 2.45. The van der Waals surface area contributed by atoms with Crippen molar-refractivity contribution in [3.05, 3.63) is 34.3 Å². The van der Waals surface area contributed by atoms with E-state index < -0.39 is 0 Å². The van der Waals surface area contributed by atoms with Gasteiger partial charge in [-0.3, -0.25) is 4.79 Å². The van der Waals surface area contributed by atoms with Gasteiger partial charge in [0.05, 0.1) is 0 Å². The Bertz CT molecular complexity index is 428. The van der Waals surface area contributed by atoms with E-state index in [9.17, 15) is 4.79 Å². The van der Waals surface area contributed by atoms with E-state index in [1.54, 1.807) is 0 Å². The van der Waals surface area contributed by atoms with Crippen LogP contribution in [0.2, 0.25) is 0 Å². The van der Waals surface area contributed by atoms with Crippen molar-refractivity contribution in [3.63, 3.8) is 0 Å². The standard InChI is InChI=1S/C15H21BrN2O/c1-2-17-8-10-18(11-9-17)7-6-15(19)13-4-3-5-14(16)12-13/h3-5,12H,2,6-11H2,1H3. The number of nitrogens with zero attached hydrogens (tertiary/aromatic N) is 2. The van der Waals surface area contributed by atoms with E-state index >= 15 is 0 Å². The number of piperazine rings is 1. The lowest BCUT2D eigenvalue weighted by atomic mass is 10.1. The van der Waals surface area contributed by atoms with Crippen LogP contribution >= 0.6 is 15.9 Å². The summed E-state index contributed by atoms with van der Waals surface area (Å²) in [6.07, 6.45) is 0.614. The predicted octanol–water partition coefficient (Wildman–Crippen LogP) is 2.66. The molecule has 0 aliphatic carbocycles. The van der Waals surface area contributed by atoms with Crippen LogP contribution in [-0.4, -0.2) is 54.9 Å². The van der Waals surface area contributed by atoms with Crippen molar-refractivity contribution in [3.8, 4) is 0 Å². The lowest BCUT2D eigenvalue weighted by molar-refractivity contribution is 0.0932. The highest BCUT2D eigenvalue weighted by Gasteiger charge is 2.16. The van der Waals surface area contributed by atoms with Crippen molar-refractivity contribution >= 4 is 21.7 Å². The molecule has 0 radical (unpaired) electrons. The molecule has 1 saturated heterocycles. The number of ketones is 1. The summed E-state index contributed by atoms with van der Waals surface area (Å²) in [4.78, 5) is 16.9. The van der Waals surface area contributed by atoms with Crippen molar-refractivity contribution in [2.45, 2.75) is 13.3 Å². The van der Waals surface area contributed by atoms with E-state index in [2.05, 4.69) is 32.7 Å². The Balaban J connectivity index is 1.78. The minimum absolute atomic E-state index is 0.235. The fourth-order valence-electron chi connectivity index (χ4n) is 2.40. The molecule has 3 nitrogen and oxygen atoms in total. The topological polar surface area (TPSA) is 23.6 Å². The first-order chi connectivity index (χ1) is 9.19. The van der Waals surface area contributed by atoms with E-state index in [1.165, 1.54) is 0 Å². The molecule has 1 aliphatic heterocycles. The van der Waals surface area contributed by atoms with Gasteiger partial charge in [-0.1, -0.05) is 35.0 Å². The predicted molar refractivity (Wildman–Crippen MR) is 81.6 cm³/mol. The number of hydrogen-bond acceptors (Lipinski definition) is 3. The van der Waals surface area contributed by atoms with Gasteiger partial charge in [0.2, 0.25) is 0 Å². The molecule has 0 amide bonds. The van der Waals surface area contributed by atoms with Gasteiger partial charge in [0.15, 0.2) is 5.78 Å². The monoisotopic (exact) mass is 324 g/mol. The lowest BCUT2D eigenvalue weighted by Gasteiger charge is -2.33. The second-order valence-electron chi connectivity index (χ2n) is 4.96. The number of carbonyl (C=O) groups excluding carboxylic acids is 1. The summed E-state index contributed by atoms with van der Waals surface area (Å²) in [6.45, 7) is 8.63. The summed E-state index contributed by atoms with van der Waals surface area (Å²) in [5, 5.41) is 0. The average molecular weight is 325 g/mol. The number of halogens is 1. The van der Waals surface area contributed by atoms with Gasteiger partial charge in [-0.2, -0.15) is 0 Å². The Morgan fingerprint density at radius 3 is 2.53 bits per heavy atom. The third-order valence-electron chi connectivity index (χ3n) is 3.71. The summed E-state index contributed by atoms with van der Waals surface area (Å²) >= 11 is 3.40. The highest BCUT2D eigenvalue weighted by atomic mass is 79.9. The van der Waals surface area contributed by atoms with E-state index in [4.69, 9.17) is 0 Å². The van der Waals surface area contributed by atoms with Crippen LogP contribution in [0.1, 0.15) is 23.7 Å². The molecule has 0 atom stereocenters. The Kier molecular flexibility index (Phi) is 5.55. The molecule has 1 fully saturated rings. The van der Waals surface area contributed by atoms with E-state index in [-0.39, 0.29) is 5.78 Å². The van der Waals surface area contributed by atoms with Crippen LogP contribution in [0.25, 0.3) is 0 Å². The van der Waals surface area contributed by atoms with Gasteiger partial charge in [0.1, 0.15) is 0 Å². The molecule has 0 bridgehead atoms. The first-order valence-corrected chi connectivity index (χ1v) is 7.72. The molecule has 1 aromatic rings. The molecule has 2 rings (SSSR count). The lowest BCUT2D eigenvalue weighted by Crippen LogP contribution is -2.46. The molecule has 0 saturated carbocycles. The van der Waals surface area contributed by atoms with Crippen molar-refractivity contribution in [1.82, 2.24) is 9.80 Å². The first-order valence-electron chi connectivity index (χ1n) is 6.92. The van der Waals surface area contributed by atoms with Gasteiger partial charge in [0.25, 0.3) is 0 Å². The molecular formula is C15H21BrN2O. The quantitative estimate of drug-likeness (QED) is 0.778. The molecule has 0 spiro atoms. The fraction of sp³-hybridized carbons (Fsp3) is 0.533. The second kappa shape index (κ2) is 7.17. The smallest absolute Gasteiger partial charge is 0.164 e. The molecule has 104 valence electrons. The maximum Gasteiger partial charge on any atom is 0.164 e. The number of benzene rings is 1. The van der Waals surface area contributed by atoms with Crippen LogP contribution < -0.4 is 0 Å². The fourth-order valence-corrected chi connectivity index (χ4v) is 2.79. The minimum atomic E-state index is 0.235. The van der Waals surface area contributed by atoms with Gasteiger partial charge in [-0.25, -0.2) is 0 Å². The van der Waals surface area contributed by atoms with Crippen molar-refractivity contribution in [1.29, 1.82) is 0 Å². The van der Waals surface area contributed by atoms with Crippen molar-refractivity contribution in [2.24, 2.45) is 0 Å². The summed E-state index contributed by atoms with van der Waals surface area (Å²) in [6, 6.07) is 7.65. The zero-order valence-electron chi connectivity index (χ0n) is 11.4. The normalized spacial score (nSPS) is 17.6. The SMILES string of the molecule is CCN1CCN(CCC(=O)c2cccc(Br)c2)CC1. The first kappa shape index (κ1) is 14.7. The highest BCUT2D eigenvalue weighted by molar-refractivity contribution is 9.10. The summed E-state index contributed by atoms with van der Waals surface area (Å²) in [5.74, 6) is 0.235. The highest BCUT2D eigenvalue weighted by Crippen LogP contribution is 2.13. The van der Waals surface area contributed by atoms with Gasteiger partial charge in [-0.15, -0.1) is 0 Å². The molecular weight excluding hydrogens is 304 g/mol. The number of hydrogen-bond donors (Lipinski definition) is 0. The Morgan fingerprint density at radius 1 is 1.21 bits per heavy atom. The Hall–Kier alpha value is -0.710. The van der Waals surface area contributed by atoms with Crippen molar-refractivity contribution in [2.75, 3.05) is 39.3 Å². The number of likely N-dealkylation sites (N-methyl/N-ethyl adjacent to an activating group) is 1. The molecule has 0 N–H and O–H groups in total. The molecule has 1 aliphatic rings. The minimum Gasteiger partial charge on any atom is -0.301 e.